The van der Waals surface area contributed by atoms with E-state index < -0.39 is 15.8 Å². The lowest BCUT2D eigenvalue weighted by atomic mass is 9.92. The lowest BCUT2D eigenvalue weighted by Crippen LogP contribution is -2.25. The Kier molecular flexibility index (Phi) is 8.43. The number of carboxylic acids is 1. The van der Waals surface area contributed by atoms with E-state index in [-0.39, 0.29) is 18.1 Å². The number of hydrogen-bond donors (Lipinski definition) is 1. The second kappa shape index (κ2) is 11.6. The zero-order valence-corrected chi connectivity index (χ0v) is 23.2. The number of carbonyl (C=O) groups is 1. The molecule has 38 heavy (non-hydrogen) atoms. The highest BCUT2D eigenvalue weighted by Gasteiger charge is 2.26. The Morgan fingerprint density at radius 3 is 2.50 bits per heavy atom. The lowest BCUT2D eigenvalue weighted by Gasteiger charge is -2.19. The van der Waals surface area contributed by atoms with Crippen molar-refractivity contribution in [2.24, 2.45) is 0 Å². The number of hydrogen-bond acceptors (Lipinski definition) is 6. The van der Waals surface area contributed by atoms with E-state index in [9.17, 15) is 13.2 Å². The average molecular weight is 538 g/mol. The van der Waals surface area contributed by atoms with Crippen molar-refractivity contribution in [1.82, 2.24) is 4.90 Å². The van der Waals surface area contributed by atoms with Gasteiger partial charge in [-0.3, -0.25) is 4.79 Å². The topological polar surface area (TPSA) is 93.1 Å². The summed E-state index contributed by atoms with van der Waals surface area (Å²) in [5, 5.41) is 9.09. The van der Waals surface area contributed by atoms with Gasteiger partial charge in [-0.15, -0.1) is 0 Å². The van der Waals surface area contributed by atoms with Crippen LogP contribution in [0.5, 0.6) is 11.5 Å². The minimum absolute atomic E-state index is 0.0553. The van der Waals surface area contributed by atoms with E-state index in [2.05, 4.69) is 38.1 Å². The molecule has 0 bridgehead atoms. The van der Waals surface area contributed by atoms with Crippen LogP contribution in [0.25, 0.3) is 11.1 Å². The lowest BCUT2D eigenvalue weighted by molar-refractivity contribution is -0.137. The molecule has 4 rings (SSSR count). The molecule has 1 aliphatic heterocycles. The van der Waals surface area contributed by atoms with Gasteiger partial charge in [-0.25, -0.2) is 8.42 Å². The number of aryl methyl sites for hydroxylation is 2. The summed E-state index contributed by atoms with van der Waals surface area (Å²) in [4.78, 5) is 13.1. The fraction of sp³-hybridized carbons (Fsp3) is 0.367. The van der Waals surface area contributed by atoms with E-state index in [0.29, 0.717) is 37.8 Å². The highest BCUT2D eigenvalue weighted by Crippen LogP contribution is 2.38. The molecule has 0 fully saturated rings. The number of sulfone groups is 1. The van der Waals surface area contributed by atoms with Crippen LogP contribution in [0.3, 0.4) is 0 Å². The van der Waals surface area contributed by atoms with E-state index >= 15 is 0 Å². The predicted octanol–water partition coefficient (Wildman–Crippen LogP) is 4.98. The van der Waals surface area contributed by atoms with Crippen molar-refractivity contribution < 1.29 is 27.8 Å². The number of carboxylic acid groups (broad SMARTS) is 1. The fourth-order valence-corrected chi connectivity index (χ4v) is 5.67. The highest BCUT2D eigenvalue weighted by molar-refractivity contribution is 7.90. The molecule has 1 N–H and O–H groups in total. The summed E-state index contributed by atoms with van der Waals surface area (Å²) in [6.07, 6.45) is 1.32. The number of nitrogens with zero attached hydrogens (tertiary/aromatic N) is 1. The molecule has 0 saturated heterocycles. The molecule has 0 aromatic heterocycles. The quantitative estimate of drug-likeness (QED) is 0.369. The molecule has 0 aliphatic carbocycles. The maximum Gasteiger partial charge on any atom is 0.304 e. The summed E-state index contributed by atoms with van der Waals surface area (Å²) in [6, 6.07) is 18.2. The van der Waals surface area contributed by atoms with Crippen LogP contribution in [-0.2, 0) is 27.8 Å². The molecule has 8 heteroatoms. The van der Waals surface area contributed by atoms with Gasteiger partial charge in [0.15, 0.2) is 0 Å². The summed E-state index contributed by atoms with van der Waals surface area (Å²) >= 11 is 0. The molecular formula is C30H35NO6S. The Morgan fingerprint density at radius 1 is 1.08 bits per heavy atom. The second-order valence-electron chi connectivity index (χ2n) is 10.3. The molecule has 3 aromatic rings. The number of ether oxygens (including phenoxy) is 2. The van der Waals surface area contributed by atoms with Crippen LogP contribution >= 0.6 is 0 Å². The Hall–Kier alpha value is -3.36. The van der Waals surface area contributed by atoms with Crippen molar-refractivity contribution in [3.8, 4) is 22.6 Å². The van der Waals surface area contributed by atoms with Gasteiger partial charge in [0.05, 0.1) is 18.8 Å². The molecular weight excluding hydrogens is 502 g/mol. The van der Waals surface area contributed by atoms with Gasteiger partial charge in [0, 0.05) is 36.9 Å². The SMILES string of the molecule is Cc1cc(CN(C)CCS(C)(=O)=O)cc(C)c1-c1cccc(COc2ccc3c(c2)OC[C@H]3CC(=O)O)c1. The summed E-state index contributed by atoms with van der Waals surface area (Å²) in [6.45, 7) is 6.17. The van der Waals surface area contributed by atoms with Crippen LogP contribution in [0, 0.1) is 13.8 Å². The minimum atomic E-state index is -2.98. The van der Waals surface area contributed by atoms with Crippen molar-refractivity contribution in [3.05, 3.63) is 82.4 Å². The molecule has 0 radical (unpaired) electrons. The predicted molar refractivity (Wildman–Crippen MR) is 149 cm³/mol. The van der Waals surface area contributed by atoms with Crippen LogP contribution in [-0.4, -0.2) is 56.6 Å². The maximum absolute atomic E-state index is 11.5. The van der Waals surface area contributed by atoms with Gasteiger partial charge in [-0.1, -0.05) is 36.4 Å². The van der Waals surface area contributed by atoms with Crippen molar-refractivity contribution in [1.29, 1.82) is 0 Å². The van der Waals surface area contributed by atoms with Crippen molar-refractivity contribution >= 4 is 15.8 Å². The molecule has 0 saturated carbocycles. The number of rotatable bonds is 11. The Labute approximate surface area is 224 Å². The molecule has 202 valence electrons. The van der Waals surface area contributed by atoms with Gasteiger partial charge in [0.2, 0.25) is 0 Å². The first-order chi connectivity index (χ1) is 18.0. The first-order valence-corrected chi connectivity index (χ1v) is 14.7. The molecule has 0 amide bonds. The van der Waals surface area contributed by atoms with Crippen LogP contribution in [0.15, 0.2) is 54.6 Å². The standard InChI is InChI=1S/C30H35NO6S/c1-20-12-23(17-31(3)10-11-38(4,34)35)13-21(2)30(20)24-7-5-6-22(14-24)18-36-26-8-9-27-25(15-29(32)33)19-37-28(27)16-26/h5-9,12-14,16,25H,10-11,15,17-19H2,1-4H3,(H,32,33)/t25-/m1/s1. The van der Waals surface area contributed by atoms with Crippen molar-refractivity contribution in [3.63, 3.8) is 0 Å². The van der Waals surface area contributed by atoms with E-state index in [4.69, 9.17) is 14.6 Å². The smallest absolute Gasteiger partial charge is 0.304 e. The molecule has 0 unspecified atom stereocenters. The van der Waals surface area contributed by atoms with Crippen LogP contribution in [0.1, 0.15) is 40.2 Å². The molecule has 3 aromatic carbocycles. The second-order valence-corrected chi connectivity index (χ2v) is 12.5. The summed E-state index contributed by atoms with van der Waals surface area (Å²) in [5.41, 5.74) is 7.75. The summed E-state index contributed by atoms with van der Waals surface area (Å²) < 4.78 is 34.7. The highest BCUT2D eigenvalue weighted by atomic mass is 32.2. The Bertz CT molecular complexity index is 1410. The summed E-state index contributed by atoms with van der Waals surface area (Å²) in [5.74, 6) is 0.568. The van der Waals surface area contributed by atoms with Gasteiger partial charge in [0.25, 0.3) is 0 Å². The summed E-state index contributed by atoms with van der Waals surface area (Å²) in [7, 11) is -1.04. The zero-order valence-electron chi connectivity index (χ0n) is 22.4. The monoisotopic (exact) mass is 537 g/mol. The zero-order chi connectivity index (χ0) is 27.4. The molecule has 0 spiro atoms. The fourth-order valence-electron chi connectivity index (χ4n) is 5.02. The third kappa shape index (κ3) is 7.14. The van der Waals surface area contributed by atoms with E-state index in [1.54, 1.807) is 0 Å². The minimum Gasteiger partial charge on any atom is -0.492 e. The van der Waals surface area contributed by atoms with Crippen LogP contribution in [0.4, 0.5) is 0 Å². The van der Waals surface area contributed by atoms with E-state index in [0.717, 1.165) is 22.3 Å². The Balaban J connectivity index is 1.43. The number of aliphatic carboxylic acids is 1. The average Bonchev–Trinajstić information content (AvgIpc) is 3.22. The van der Waals surface area contributed by atoms with Gasteiger partial charge < -0.3 is 19.5 Å². The molecule has 1 heterocycles. The third-order valence-corrected chi connectivity index (χ3v) is 7.72. The third-order valence-electron chi connectivity index (χ3n) is 6.80. The number of fused-ring (bicyclic) bond motifs is 1. The van der Waals surface area contributed by atoms with Gasteiger partial charge in [-0.05, 0) is 66.4 Å². The maximum atomic E-state index is 11.5. The molecule has 7 nitrogen and oxygen atoms in total. The first-order valence-electron chi connectivity index (χ1n) is 12.7. The molecule has 1 atom stereocenters. The van der Waals surface area contributed by atoms with Crippen molar-refractivity contribution in [2.75, 3.05) is 32.2 Å². The Morgan fingerprint density at radius 2 is 1.82 bits per heavy atom. The number of benzene rings is 3. The van der Waals surface area contributed by atoms with Crippen molar-refractivity contribution in [2.45, 2.75) is 39.3 Å². The van der Waals surface area contributed by atoms with Gasteiger partial charge >= 0.3 is 5.97 Å². The largest absolute Gasteiger partial charge is 0.492 e. The molecule has 1 aliphatic rings. The van der Waals surface area contributed by atoms with E-state index in [1.807, 2.05) is 42.3 Å². The van der Waals surface area contributed by atoms with Crippen LogP contribution in [0.2, 0.25) is 0 Å². The first kappa shape index (κ1) is 27.7. The normalized spacial score (nSPS) is 14.8. The van der Waals surface area contributed by atoms with Gasteiger partial charge in [0.1, 0.15) is 27.9 Å². The van der Waals surface area contributed by atoms with Crippen LogP contribution < -0.4 is 9.47 Å². The van der Waals surface area contributed by atoms with E-state index in [1.165, 1.54) is 22.9 Å². The van der Waals surface area contributed by atoms with Gasteiger partial charge in [-0.2, -0.15) is 0 Å².